The Kier molecular flexibility index (Phi) is 4.22. The molecule has 1 N–H and O–H groups in total. The van der Waals surface area contributed by atoms with Gasteiger partial charge >= 0.3 is 0 Å². The molecule has 1 heterocycles. The largest absolute Gasteiger partial charge is 0.389 e. The standard InChI is InChI=1S/C12H19ClN2O2/c1-5-15(8-12(2,3)17)11(16)10-6-9(13)7-14(10)4/h6-7,17H,5,8H2,1-4H3. The lowest BCUT2D eigenvalue weighted by atomic mass is 10.1. The van der Waals surface area contributed by atoms with Gasteiger partial charge in [-0.15, -0.1) is 0 Å². The van der Waals surface area contributed by atoms with Crippen LogP contribution in [-0.4, -0.2) is 39.2 Å². The van der Waals surface area contributed by atoms with Gasteiger partial charge in [-0.1, -0.05) is 11.6 Å². The molecule has 0 aliphatic heterocycles. The summed E-state index contributed by atoms with van der Waals surface area (Å²) in [6.07, 6.45) is 1.69. The fourth-order valence-electron chi connectivity index (χ4n) is 1.69. The molecule has 5 heteroatoms. The smallest absolute Gasteiger partial charge is 0.270 e. The lowest BCUT2D eigenvalue weighted by molar-refractivity contribution is 0.0309. The highest BCUT2D eigenvalue weighted by atomic mass is 35.5. The molecule has 0 aromatic carbocycles. The van der Waals surface area contributed by atoms with E-state index < -0.39 is 5.60 Å². The van der Waals surface area contributed by atoms with E-state index in [0.717, 1.165) is 0 Å². The van der Waals surface area contributed by atoms with E-state index in [4.69, 9.17) is 11.6 Å². The van der Waals surface area contributed by atoms with Gasteiger partial charge in [0.25, 0.3) is 5.91 Å². The summed E-state index contributed by atoms with van der Waals surface area (Å²) in [4.78, 5) is 13.8. The number of aromatic nitrogens is 1. The molecule has 0 bridgehead atoms. The SMILES string of the molecule is CCN(CC(C)(C)O)C(=O)c1cc(Cl)cn1C. The summed E-state index contributed by atoms with van der Waals surface area (Å²) in [5, 5.41) is 10.3. The van der Waals surface area contributed by atoms with Crippen LogP contribution < -0.4 is 0 Å². The minimum absolute atomic E-state index is 0.121. The average Bonchev–Trinajstić information content (AvgIpc) is 2.52. The zero-order valence-corrected chi connectivity index (χ0v) is 11.5. The van der Waals surface area contributed by atoms with Crippen LogP contribution in [0.25, 0.3) is 0 Å². The topological polar surface area (TPSA) is 45.5 Å². The Morgan fingerprint density at radius 1 is 1.59 bits per heavy atom. The highest BCUT2D eigenvalue weighted by molar-refractivity contribution is 6.31. The highest BCUT2D eigenvalue weighted by Gasteiger charge is 2.23. The molecule has 0 saturated carbocycles. The third-order valence-corrected chi connectivity index (χ3v) is 2.64. The second kappa shape index (κ2) is 5.10. The van der Waals surface area contributed by atoms with Gasteiger partial charge in [-0.3, -0.25) is 4.79 Å². The molecule has 0 unspecified atom stereocenters. The summed E-state index contributed by atoms with van der Waals surface area (Å²) in [5.41, 5.74) is -0.373. The normalized spacial score (nSPS) is 11.6. The quantitative estimate of drug-likeness (QED) is 0.897. The molecule has 1 aromatic rings. The molecule has 17 heavy (non-hydrogen) atoms. The van der Waals surface area contributed by atoms with Crippen molar-refractivity contribution in [2.24, 2.45) is 7.05 Å². The summed E-state index contributed by atoms with van der Waals surface area (Å²) in [6, 6.07) is 1.64. The van der Waals surface area contributed by atoms with Gasteiger partial charge in [0.15, 0.2) is 0 Å². The number of rotatable bonds is 4. The predicted molar refractivity (Wildman–Crippen MR) is 68.3 cm³/mol. The van der Waals surface area contributed by atoms with Crippen LogP contribution >= 0.6 is 11.6 Å². The lowest BCUT2D eigenvalue weighted by Crippen LogP contribution is -2.42. The first-order valence-electron chi connectivity index (χ1n) is 5.58. The molecule has 1 amide bonds. The van der Waals surface area contributed by atoms with Crippen LogP contribution in [0.2, 0.25) is 5.02 Å². The first-order valence-corrected chi connectivity index (χ1v) is 5.96. The number of aryl methyl sites for hydroxylation is 1. The third-order valence-electron chi connectivity index (χ3n) is 2.44. The van der Waals surface area contributed by atoms with Crippen molar-refractivity contribution in [1.82, 2.24) is 9.47 Å². The maximum atomic E-state index is 12.2. The Balaban J connectivity index is 2.90. The van der Waals surface area contributed by atoms with Crippen molar-refractivity contribution in [2.45, 2.75) is 26.4 Å². The van der Waals surface area contributed by atoms with Gasteiger partial charge in [0.1, 0.15) is 5.69 Å². The maximum Gasteiger partial charge on any atom is 0.270 e. The molecule has 1 aromatic heterocycles. The van der Waals surface area contributed by atoms with E-state index in [9.17, 15) is 9.90 Å². The summed E-state index contributed by atoms with van der Waals surface area (Å²) in [7, 11) is 1.77. The summed E-state index contributed by atoms with van der Waals surface area (Å²) in [5.74, 6) is -0.121. The van der Waals surface area contributed by atoms with Crippen molar-refractivity contribution in [3.63, 3.8) is 0 Å². The van der Waals surface area contributed by atoms with E-state index >= 15 is 0 Å². The zero-order chi connectivity index (χ0) is 13.2. The number of carbonyl (C=O) groups is 1. The zero-order valence-electron chi connectivity index (χ0n) is 10.7. The summed E-state index contributed by atoms with van der Waals surface area (Å²) < 4.78 is 1.69. The van der Waals surface area contributed by atoms with Crippen LogP contribution in [0.1, 0.15) is 31.3 Å². The van der Waals surface area contributed by atoms with Crippen LogP contribution in [0.5, 0.6) is 0 Å². The van der Waals surface area contributed by atoms with Crippen molar-refractivity contribution in [3.05, 3.63) is 23.0 Å². The Labute approximate surface area is 107 Å². The van der Waals surface area contributed by atoms with Gasteiger partial charge < -0.3 is 14.6 Å². The third kappa shape index (κ3) is 3.75. The molecule has 4 nitrogen and oxygen atoms in total. The highest BCUT2D eigenvalue weighted by Crippen LogP contribution is 2.16. The van der Waals surface area contributed by atoms with E-state index in [1.54, 1.807) is 42.6 Å². The molecule has 1 rings (SSSR count). The van der Waals surface area contributed by atoms with Gasteiger partial charge in [0, 0.05) is 26.3 Å². The van der Waals surface area contributed by atoms with Crippen molar-refractivity contribution < 1.29 is 9.90 Å². The van der Waals surface area contributed by atoms with E-state index in [1.807, 2.05) is 6.92 Å². The molecule has 0 saturated heterocycles. The number of likely N-dealkylation sites (N-methyl/N-ethyl adjacent to an activating group) is 1. The van der Waals surface area contributed by atoms with E-state index in [2.05, 4.69) is 0 Å². The number of carbonyl (C=O) groups excluding carboxylic acids is 1. The van der Waals surface area contributed by atoms with E-state index in [0.29, 0.717) is 23.8 Å². The van der Waals surface area contributed by atoms with Gasteiger partial charge in [-0.2, -0.15) is 0 Å². The number of amides is 1. The van der Waals surface area contributed by atoms with E-state index in [1.165, 1.54) is 0 Å². The first kappa shape index (κ1) is 14.1. The van der Waals surface area contributed by atoms with E-state index in [-0.39, 0.29) is 5.91 Å². The average molecular weight is 259 g/mol. The van der Waals surface area contributed by atoms with Crippen LogP contribution in [0.4, 0.5) is 0 Å². The van der Waals surface area contributed by atoms with Crippen LogP contribution in [0.15, 0.2) is 12.3 Å². The second-order valence-electron chi connectivity index (χ2n) is 4.79. The van der Waals surface area contributed by atoms with Crippen LogP contribution in [0.3, 0.4) is 0 Å². The number of aliphatic hydroxyl groups is 1. The molecule has 0 radical (unpaired) electrons. The monoisotopic (exact) mass is 258 g/mol. The minimum Gasteiger partial charge on any atom is -0.389 e. The minimum atomic E-state index is -0.902. The summed E-state index contributed by atoms with van der Waals surface area (Å²) in [6.45, 7) is 6.09. The fourth-order valence-corrected chi connectivity index (χ4v) is 1.94. The number of halogens is 1. The second-order valence-corrected chi connectivity index (χ2v) is 5.22. The van der Waals surface area contributed by atoms with Crippen LogP contribution in [-0.2, 0) is 7.05 Å². The number of hydrogen-bond donors (Lipinski definition) is 1. The molecule has 0 aliphatic carbocycles. The molecule has 0 fully saturated rings. The van der Waals surface area contributed by atoms with Crippen LogP contribution in [0, 0.1) is 0 Å². The number of nitrogens with zero attached hydrogens (tertiary/aromatic N) is 2. The number of hydrogen-bond acceptors (Lipinski definition) is 2. The molecular formula is C12H19ClN2O2. The van der Waals surface area contributed by atoms with Crippen molar-refractivity contribution in [3.8, 4) is 0 Å². The Morgan fingerprint density at radius 2 is 2.18 bits per heavy atom. The Morgan fingerprint density at radius 3 is 2.53 bits per heavy atom. The molecule has 0 atom stereocenters. The van der Waals surface area contributed by atoms with Gasteiger partial charge in [-0.25, -0.2) is 0 Å². The molecule has 0 spiro atoms. The maximum absolute atomic E-state index is 12.2. The first-order chi connectivity index (χ1) is 7.74. The van der Waals surface area contributed by atoms with Crippen molar-refractivity contribution >= 4 is 17.5 Å². The molecule has 0 aliphatic rings. The summed E-state index contributed by atoms with van der Waals surface area (Å²) >= 11 is 5.85. The van der Waals surface area contributed by atoms with Gasteiger partial charge in [0.05, 0.1) is 10.6 Å². The lowest BCUT2D eigenvalue weighted by Gasteiger charge is -2.28. The Bertz CT molecular complexity index is 407. The predicted octanol–water partition coefficient (Wildman–Crippen LogP) is 1.91. The van der Waals surface area contributed by atoms with Crippen molar-refractivity contribution in [2.75, 3.05) is 13.1 Å². The van der Waals surface area contributed by atoms with Gasteiger partial charge in [0.2, 0.25) is 0 Å². The van der Waals surface area contributed by atoms with Crippen molar-refractivity contribution in [1.29, 1.82) is 0 Å². The van der Waals surface area contributed by atoms with Gasteiger partial charge in [-0.05, 0) is 26.8 Å². The Hall–Kier alpha value is -1.00. The fraction of sp³-hybridized carbons (Fsp3) is 0.583. The molecular weight excluding hydrogens is 240 g/mol. The molecule has 96 valence electrons.